The van der Waals surface area contributed by atoms with Gasteiger partial charge in [-0.3, -0.25) is 9.78 Å². The molecule has 2 heterocycles. The van der Waals surface area contributed by atoms with Crippen LogP contribution in [0.4, 0.5) is 0 Å². The zero-order chi connectivity index (χ0) is 19.7. The number of hydrogen-bond donors (Lipinski definition) is 1. The fraction of sp³-hybridized carbons (Fsp3) is 0.273. The van der Waals surface area contributed by atoms with Gasteiger partial charge < -0.3 is 19.5 Å². The van der Waals surface area contributed by atoms with Crippen molar-refractivity contribution in [2.24, 2.45) is 0 Å². The van der Waals surface area contributed by atoms with Gasteiger partial charge in [-0.15, -0.1) is 0 Å². The first-order chi connectivity index (χ1) is 13.6. The Hall–Kier alpha value is -3.12. The molecule has 3 aromatic rings. The summed E-state index contributed by atoms with van der Waals surface area (Å²) in [7, 11) is 3.21. The van der Waals surface area contributed by atoms with Crippen LogP contribution in [-0.4, -0.2) is 38.3 Å². The molecule has 28 heavy (non-hydrogen) atoms. The predicted octanol–water partition coefficient (Wildman–Crippen LogP) is 3.22. The maximum Gasteiger partial charge on any atom is 0.252 e. The second-order valence-electron chi connectivity index (χ2n) is 6.95. The van der Waals surface area contributed by atoms with E-state index in [4.69, 9.17) is 14.2 Å². The summed E-state index contributed by atoms with van der Waals surface area (Å²) >= 11 is 0. The number of ether oxygens (including phenoxy) is 3. The van der Waals surface area contributed by atoms with Crippen LogP contribution in [0.15, 0.2) is 48.7 Å². The predicted molar refractivity (Wildman–Crippen MR) is 106 cm³/mol. The molecule has 0 atom stereocenters. The molecule has 1 N–H and O–H groups in total. The number of methoxy groups -OCH3 is 2. The molecule has 1 saturated heterocycles. The summed E-state index contributed by atoms with van der Waals surface area (Å²) in [6.45, 7) is 2.68. The number of carbonyl (C=O) groups excluding carboxylic acids is 1. The molecular weight excluding hydrogens is 356 g/mol. The Morgan fingerprint density at radius 2 is 1.89 bits per heavy atom. The lowest BCUT2D eigenvalue weighted by Crippen LogP contribution is -2.59. The Balaban J connectivity index is 1.77. The van der Waals surface area contributed by atoms with Gasteiger partial charge in [0.15, 0.2) is 0 Å². The van der Waals surface area contributed by atoms with Crippen LogP contribution in [0.2, 0.25) is 0 Å². The summed E-state index contributed by atoms with van der Waals surface area (Å²) in [4.78, 5) is 17.6. The molecule has 0 aliphatic carbocycles. The van der Waals surface area contributed by atoms with Crippen LogP contribution < -0.4 is 14.8 Å². The summed E-state index contributed by atoms with van der Waals surface area (Å²) in [5.41, 5.74) is 2.58. The molecule has 0 saturated carbocycles. The van der Waals surface area contributed by atoms with Crippen molar-refractivity contribution < 1.29 is 19.0 Å². The van der Waals surface area contributed by atoms with Gasteiger partial charge in [-0.2, -0.15) is 0 Å². The molecule has 0 bridgehead atoms. The van der Waals surface area contributed by atoms with Crippen LogP contribution in [0.3, 0.4) is 0 Å². The zero-order valence-corrected chi connectivity index (χ0v) is 16.1. The van der Waals surface area contributed by atoms with Crippen LogP contribution in [0.25, 0.3) is 10.9 Å². The number of fused-ring (bicyclic) bond motifs is 1. The van der Waals surface area contributed by atoms with Gasteiger partial charge in [0.25, 0.3) is 5.91 Å². The molecule has 1 aromatic heterocycles. The maximum absolute atomic E-state index is 13.1. The Morgan fingerprint density at radius 1 is 1.11 bits per heavy atom. The molecule has 0 radical (unpaired) electrons. The second kappa shape index (κ2) is 7.13. The molecule has 0 unspecified atom stereocenters. The van der Waals surface area contributed by atoms with Crippen molar-refractivity contribution in [3.05, 3.63) is 65.4 Å². The number of rotatable bonds is 5. The van der Waals surface area contributed by atoms with Gasteiger partial charge in [-0.25, -0.2) is 0 Å². The molecule has 0 spiro atoms. The minimum Gasteiger partial charge on any atom is -0.497 e. The minimum atomic E-state index is -0.636. The average Bonchev–Trinajstić information content (AvgIpc) is 2.70. The molecule has 6 nitrogen and oxygen atoms in total. The normalized spacial score (nSPS) is 15.0. The minimum absolute atomic E-state index is 0.167. The van der Waals surface area contributed by atoms with Crippen LogP contribution in [0, 0.1) is 6.92 Å². The van der Waals surface area contributed by atoms with E-state index in [9.17, 15) is 4.79 Å². The molecule has 144 valence electrons. The number of hydrogen-bond acceptors (Lipinski definition) is 5. The average molecular weight is 378 g/mol. The van der Waals surface area contributed by atoms with Crippen molar-refractivity contribution in [3.8, 4) is 11.5 Å². The van der Waals surface area contributed by atoms with E-state index < -0.39 is 5.54 Å². The number of benzene rings is 2. The van der Waals surface area contributed by atoms with E-state index in [2.05, 4.69) is 10.3 Å². The number of nitrogens with zero attached hydrogens (tertiary/aromatic N) is 1. The van der Waals surface area contributed by atoms with Crippen LogP contribution in [0.1, 0.15) is 21.5 Å². The van der Waals surface area contributed by atoms with Gasteiger partial charge in [-0.05, 0) is 42.3 Å². The lowest BCUT2D eigenvalue weighted by Gasteiger charge is -2.43. The smallest absolute Gasteiger partial charge is 0.252 e. The van der Waals surface area contributed by atoms with E-state index in [1.54, 1.807) is 26.5 Å². The Morgan fingerprint density at radius 3 is 2.57 bits per heavy atom. The first-order valence-electron chi connectivity index (χ1n) is 9.04. The third-order valence-corrected chi connectivity index (χ3v) is 5.18. The monoisotopic (exact) mass is 378 g/mol. The number of amides is 1. The third kappa shape index (κ3) is 3.05. The van der Waals surface area contributed by atoms with Gasteiger partial charge >= 0.3 is 0 Å². The highest BCUT2D eigenvalue weighted by atomic mass is 16.5. The van der Waals surface area contributed by atoms with Crippen molar-refractivity contribution in [3.63, 3.8) is 0 Å². The van der Waals surface area contributed by atoms with E-state index in [1.165, 1.54) is 0 Å². The lowest BCUT2D eigenvalue weighted by atomic mass is 9.84. The molecule has 1 aliphatic heterocycles. The summed E-state index contributed by atoms with van der Waals surface area (Å²) in [5, 5.41) is 4.16. The van der Waals surface area contributed by atoms with Crippen molar-refractivity contribution >= 4 is 16.8 Å². The lowest BCUT2D eigenvalue weighted by molar-refractivity contribution is -0.0727. The van der Waals surface area contributed by atoms with E-state index in [-0.39, 0.29) is 5.91 Å². The Labute approximate surface area is 163 Å². The van der Waals surface area contributed by atoms with Crippen molar-refractivity contribution in [1.29, 1.82) is 0 Å². The SMILES string of the molecule is COc1ccc(C)c(C(=O)NC2(c3cc(OC)cc4ncccc34)COC2)c1. The van der Waals surface area contributed by atoms with Gasteiger partial charge in [-0.1, -0.05) is 12.1 Å². The quantitative estimate of drug-likeness (QED) is 0.738. The van der Waals surface area contributed by atoms with Crippen LogP contribution in [0.5, 0.6) is 11.5 Å². The van der Waals surface area contributed by atoms with Crippen molar-refractivity contribution in [2.75, 3.05) is 27.4 Å². The van der Waals surface area contributed by atoms with E-state index in [0.29, 0.717) is 30.3 Å². The first-order valence-corrected chi connectivity index (χ1v) is 9.04. The summed E-state index contributed by atoms with van der Waals surface area (Å²) in [6, 6.07) is 13.2. The third-order valence-electron chi connectivity index (χ3n) is 5.18. The zero-order valence-electron chi connectivity index (χ0n) is 16.1. The van der Waals surface area contributed by atoms with Crippen LogP contribution >= 0.6 is 0 Å². The molecule has 1 amide bonds. The van der Waals surface area contributed by atoms with Gasteiger partial charge in [0.1, 0.15) is 17.0 Å². The summed E-state index contributed by atoms with van der Waals surface area (Å²) < 4.78 is 16.3. The maximum atomic E-state index is 13.1. The number of pyridine rings is 1. The van der Waals surface area contributed by atoms with E-state index >= 15 is 0 Å². The van der Waals surface area contributed by atoms with Gasteiger partial charge in [0.05, 0.1) is 33.0 Å². The molecule has 4 rings (SSSR count). The molecular formula is C22H22N2O4. The summed E-state index contributed by atoms with van der Waals surface area (Å²) in [5.74, 6) is 1.17. The number of nitrogens with one attached hydrogen (secondary N) is 1. The Bertz CT molecular complexity index is 1040. The number of aromatic nitrogens is 1. The molecule has 2 aromatic carbocycles. The van der Waals surface area contributed by atoms with E-state index in [1.807, 2.05) is 43.3 Å². The topological polar surface area (TPSA) is 69.7 Å². The standard InChI is InChI=1S/C22H22N2O4/c1-14-6-7-15(26-2)9-18(14)21(25)24-22(12-28-13-22)19-10-16(27-3)11-20-17(19)5-4-8-23-20/h4-11H,12-13H2,1-3H3,(H,24,25). The van der Waals surface area contributed by atoms with Gasteiger partial charge in [0.2, 0.25) is 0 Å². The van der Waals surface area contributed by atoms with Gasteiger partial charge in [0, 0.05) is 23.2 Å². The Kier molecular flexibility index (Phi) is 4.65. The fourth-order valence-corrected chi connectivity index (χ4v) is 3.53. The van der Waals surface area contributed by atoms with E-state index in [0.717, 1.165) is 22.0 Å². The number of aryl methyl sites for hydroxylation is 1. The highest BCUT2D eigenvalue weighted by Gasteiger charge is 2.43. The largest absolute Gasteiger partial charge is 0.497 e. The molecule has 1 fully saturated rings. The summed E-state index contributed by atoms with van der Waals surface area (Å²) in [6.07, 6.45) is 1.74. The number of carbonyl (C=O) groups is 1. The molecule has 6 heteroatoms. The highest BCUT2D eigenvalue weighted by molar-refractivity contribution is 5.97. The molecule has 1 aliphatic rings. The highest BCUT2D eigenvalue weighted by Crippen LogP contribution is 2.37. The van der Waals surface area contributed by atoms with Crippen LogP contribution in [-0.2, 0) is 10.3 Å². The first kappa shape index (κ1) is 18.3. The fourth-order valence-electron chi connectivity index (χ4n) is 3.53. The van der Waals surface area contributed by atoms with Crippen molar-refractivity contribution in [2.45, 2.75) is 12.5 Å². The van der Waals surface area contributed by atoms with Crippen molar-refractivity contribution in [1.82, 2.24) is 10.3 Å². The second-order valence-corrected chi connectivity index (χ2v) is 6.95.